The van der Waals surface area contributed by atoms with Crippen LogP contribution in [-0.4, -0.2) is 35.4 Å². The van der Waals surface area contributed by atoms with Crippen LogP contribution in [0.2, 0.25) is 0 Å². The molecule has 0 atom stereocenters. The number of likely N-dealkylation sites (N-methyl/N-ethyl adjacent to an activating group) is 1. The summed E-state index contributed by atoms with van der Waals surface area (Å²) in [5.74, 6) is 0. The average Bonchev–Trinajstić information content (AvgIpc) is 2.88. The van der Waals surface area contributed by atoms with E-state index in [0.717, 1.165) is 18.5 Å². The monoisotopic (exact) mass is 220 g/mol. The van der Waals surface area contributed by atoms with Crippen molar-refractivity contribution >= 4 is 6.29 Å². The highest BCUT2D eigenvalue weighted by Crippen LogP contribution is 2.35. The van der Waals surface area contributed by atoms with Crippen molar-refractivity contribution < 1.29 is 4.79 Å². The number of aromatic nitrogens is 1. The quantitative estimate of drug-likeness (QED) is 0.727. The summed E-state index contributed by atoms with van der Waals surface area (Å²) in [7, 11) is 4.30. The van der Waals surface area contributed by atoms with Gasteiger partial charge in [0.05, 0.1) is 5.69 Å². The molecule has 1 aromatic rings. The van der Waals surface area contributed by atoms with Crippen molar-refractivity contribution in [2.75, 3.05) is 14.1 Å². The van der Waals surface area contributed by atoms with Crippen LogP contribution in [0.15, 0.2) is 18.3 Å². The summed E-state index contributed by atoms with van der Waals surface area (Å²) in [6, 6.07) is 3.83. The molecule has 0 saturated heterocycles. The smallest absolute Gasteiger partial charge is 0.166 e. The molecule has 1 heterocycles. The number of rotatable bonds is 4. The molecular formula is C13H20N2O. The number of nitrogens with zero attached hydrogens (tertiary/aromatic N) is 2. The molecule has 3 nitrogen and oxygen atoms in total. The Hall–Kier alpha value is -1.09. The van der Waals surface area contributed by atoms with Gasteiger partial charge >= 0.3 is 0 Å². The lowest BCUT2D eigenvalue weighted by atomic mass is 9.96. The van der Waals surface area contributed by atoms with Crippen molar-refractivity contribution in [1.29, 1.82) is 0 Å². The lowest BCUT2D eigenvalue weighted by molar-refractivity contribution is 0.109. The van der Waals surface area contributed by atoms with Crippen LogP contribution in [0, 0.1) is 0 Å². The molecule has 0 aliphatic heterocycles. The van der Waals surface area contributed by atoms with Crippen molar-refractivity contribution in [3.05, 3.63) is 24.0 Å². The largest absolute Gasteiger partial charge is 0.343 e. The van der Waals surface area contributed by atoms with E-state index in [0.29, 0.717) is 0 Å². The first-order valence-corrected chi connectivity index (χ1v) is 5.96. The number of hydrogen-bond acceptors (Lipinski definition) is 2. The number of carbonyl (C=O) groups excluding carboxylic acids is 1. The van der Waals surface area contributed by atoms with Gasteiger partial charge in [-0.15, -0.1) is 0 Å². The molecule has 0 radical (unpaired) electrons. The Kier molecular flexibility index (Phi) is 3.15. The van der Waals surface area contributed by atoms with E-state index in [1.54, 1.807) is 0 Å². The molecule has 1 saturated carbocycles. The van der Waals surface area contributed by atoms with Crippen LogP contribution < -0.4 is 0 Å². The maximum Gasteiger partial charge on any atom is 0.166 e. The Bertz CT molecular complexity index is 362. The Morgan fingerprint density at radius 3 is 2.69 bits per heavy atom. The van der Waals surface area contributed by atoms with Gasteiger partial charge in [-0.2, -0.15) is 0 Å². The van der Waals surface area contributed by atoms with Crippen LogP contribution in [0.25, 0.3) is 0 Å². The molecule has 16 heavy (non-hydrogen) atoms. The molecule has 1 aliphatic carbocycles. The fourth-order valence-corrected chi connectivity index (χ4v) is 2.78. The lowest BCUT2D eigenvalue weighted by Crippen LogP contribution is -2.45. The molecule has 1 aliphatic rings. The Balaban J connectivity index is 2.21. The SMILES string of the molecule is CN(C)C1(Cn2cccc2C=O)CCCC1. The summed E-state index contributed by atoms with van der Waals surface area (Å²) in [6.45, 7) is 0.932. The first kappa shape index (κ1) is 11.4. The summed E-state index contributed by atoms with van der Waals surface area (Å²) >= 11 is 0. The molecule has 0 bridgehead atoms. The molecule has 0 unspecified atom stereocenters. The minimum absolute atomic E-state index is 0.247. The molecule has 3 heteroatoms. The van der Waals surface area contributed by atoms with Crippen LogP contribution in [0.3, 0.4) is 0 Å². The first-order valence-electron chi connectivity index (χ1n) is 5.96. The Morgan fingerprint density at radius 1 is 1.44 bits per heavy atom. The van der Waals surface area contributed by atoms with Gasteiger partial charge in [-0.1, -0.05) is 12.8 Å². The van der Waals surface area contributed by atoms with E-state index < -0.39 is 0 Å². The zero-order valence-electron chi connectivity index (χ0n) is 10.1. The fourth-order valence-electron chi connectivity index (χ4n) is 2.78. The zero-order chi connectivity index (χ0) is 11.6. The van der Waals surface area contributed by atoms with E-state index in [9.17, 15) is 4.79 Å². The number of carbonyl (C=O) groups is 1. The number of hydrogen-bond donors (Lipinski definition) is 0. The molecule has 1 aromatic heterocycles. The average molecular weight is 220 g/mol. The second-order valence-corrected chi connectivity index (χ2v) is 5.00. The van der Waals surface area contributed by atoms with E-state index in [2.05, 4.69) is 23.6 Å². The molecular weight excluding hydrogens is 200 g/mol. The minimum Gasteiger partial charge on any atom is -0.343 e. The molecule has 0 N–H and O–H groups in total. The summed E-state index contributed by atoms with van der Waals surface area (Å²) in [5, 5.41) is 0. The van der Waals surface area contributed by atoms with E-state index in [1.807, 2.05) is 18.3 Å². The highest BCUT2D eigenvalue weighted by Gasteiger charge is 2.36. The van der Waals surface area contributed by atoms with E-state index in [4.69, 9.17) is 0 Å². The van der Waals surface area contributed by atoms with Crippen molar-refractivity contribution in [3.63, 3.8) is 0 Å². The van der Waals surface area contributed by atoms with Crippen LogP contribution in [0.5, 0.6) is 0 Å². The molecule has 2 rings (SSSR count). The van der Waals surface area contributed by atoms with Crippen LogP contribution in [0.4, 0.5) is 0 Å². The summed E-state index contributed by atoms with van der Waals surface area (Å²) in [4.78, 5) is 13.2. The van der Waals surface area contributed by atoms with Crippen LogP contribution >= 0.6 is 0 Å². The van der Waals surface area contributed by atoms with Gasteiger partial charge in [0.25, 0.3) is 0 Å². The summed E-state index contributed by atoms with van der Waals surface area (Å²) < 4.78 is 2.08. The third-order valence-corrected chi connectivity index (χ3v) is 3.93. The highest BCUT2D eigenvalue weighted by atomic mass is 16.1. The van der Waals surface area contributed by atoms with Gasteiger partial charge in [0, 0.05) is 18.3 Å². The third-order valence-electron chi connectivity index (χ3n) is 3.93. The summed E-state index contributed by atoms with van der Waals surface area (Å²) in [6.07, 6.45) is 8.02. The van der Waals surface area contributed by atoms with Crippen molar-refractivity contribution in [1.82, 2.24) is 9.47 Å². The van der Waals surface area contributed by atoms with Gasteiger partial charge < -0.3 is 9.47 Å². The van der Waals surface area contributed by atoms with Gasteiger partial charge in [0.15, 0.2) is 6.29 Å². The second kappa shape index (κ2) is 4.42. The standard InChI is InChI=1S/C13H20N2O/c1-14(2)13(7-3-4-8-13)11-15-9-5-6-12(15)10-16/h5-6,9-10H,3-4,7-8,11H2,1-2H3. The zero-order valence-corrected chi connectivity index (χ0v) is 10.1. The van der Waals surface area contributed by atoms with Gasteiger partial charge in [-0.3, -0.25) is 4.79 Å². The molecule has 0 aromatic carbocycles. The normalized spacial score (nSPS) is 19.2. The first-order chi connectivity index (χ1) is 7.68. The molecule has 0 spiro atoms. The minimum atomic E-state index is 0.247. The van der Waals surface area contributed by atoms with E-state index in [1.165, 1.54) is 25.7 Å². The van der Waals surface area contributed by atoms with Crippen LogP contribution in [0.1, 0.15) is 36.2 Å². The topological polar surface area (TPSA) is 25.2 Å². The van der Waals surface area contributed by atoms with Gasteiger partial charge in [-0.25, -0.2) is 0 Å². The molecule has 88 valence electrons. The second-order valence-electron chi connectivity index (χ2n) is 5.00. The number of aldehydes is 1. The van der Waals surface area contributed by atoms with Crippen LogP contribution in [-0.2, 0) is 6.54 Å². The van der Waals surface area contributed by atoms with Crippen molar-refractivity contribution in [2.45, 2.75) is 37.8 Å². The third kappa shape index (κ3) is 1.92. The highest BCUT2D eigenvalue weighted by molar-refractivity contribution is 5.72. The maximum absolute atomic E-state index is 10.9. The van der Waals surface area contributed by atoms with Gasteiger partial charge in [0.2, 0.25) is 0 Å². The predicted octanol–water partition coefficient (Wildman–Crippen LogP) is 2.17. The maximum atomic E-state index is 10.9. The Labute approximate surface area is 97.1 Å². The Morgan fingerprint density at radius 2 is 2.12 bits per heavy atom. The van der Waals surface area contributed by atoms with Crippen molar-refractivity contribution in [3.8, 4) is 0 Å². The molecule has 0 amide bonds. The van der Waals surface area contributed by atoms with Gasteiger partial charge in [0.1, 0.15) is 0 Å². The van der Waals surface area contributed by atoms with Crippen molar-refractivity contribution in [2.24, 2.45) is 0 Å². The van der Waals surface area contributed by atoms with Gasteiger partial charge in [-0.05, 0) is 39.1 Å². The molecule has 1 fully saturated rings. The predicted molar refractivity (Wildman–Crippen MR) is 64.7 cm³/mol. The fraction of sp³-hybridized carbons (Fsp3) is 0.615. The summed E-state index contributed by atoms with van der Waals surface area (Å²) in [5.41, 5.74) is 1.03. The van der Waals surface area contributed by atoms with E-state index >= 15 is 0 Å². The lowest BCUT2D eigenvalue weighted by Gasteiger charge is -2.37. The van der Waals surface area contributed by atoms with E-state index in [-0.39, 0.29) is 5.54 Å².